The van der Waals surface area contributed by atoms with Gasteiger partial charge in [-0.1, -0.05) is 6.92 Å². The smallest absolute Gasteiger partial charge is 0.306 e. The topological polar surface area (TPSA) is 104 Å². The zero-order valence-electron chi connectivity index (χ0n) is 13.5. The molecule has 132 valence electrons. The van der Waals surface area contributed by atoms with Gasteiger partial charge < -0.3 is 10.0 Å². The van der Waals surface area contributed by atoms with Crippen molar-refractivity contribution in [3.63, 3.8) is 0 Å². The molecule has 0 aromatic carbocycles. The standard InChI is InChI=1S/C15H26N2O5S/c1-11-2-4-13(5-3-11)16-23(21,22)10-14(18)17-8-6-12(7-9-17)15(19)20/h11-13,16H,2-10H2,1H3,(H,19,20). The summed E-state index contributed by atoms with van der Waals surface area (Å²) in [6, 6.07) is -0.0678. The summed E-state index contributed by atoms with van der Waals surface area (Å²) in [7, 11) is -3.63. The number of nitrogens with one attached hydrogen (secondary N) is 1. The molecular formula is C15H26N2O5S. The number of rotatable bonds is 5. The summed E-state index contributed by atoms with van der Waals surface area (Å²) in [6.45, 7) is 2.79. The monoisotopic (exact) mass is 346 g/mol. The highest BCUT2D eigenvalue weighted by Crippen LogP contribution is 2.24. The quantitative estimate of drug-likeness (QED) is 0.766. The Kier molecular flexibility index (Phi) is 6.02. The number of carbonyl (C=O) groups is 2. The molecule has 0 spiro atoms. The van der Waals surface area contributed by atoms with Gasteiger partial charge in [-0.25, -0.2) is 13.1 Å². The molecule has 1 amide bonds. The first kappa shape index (κ1) is 18.2. The van der Waals surface area contributed by atoms with Gasteiger partial charge in [-0.05, 0) is 44.4 Å². The molecule has 0 bridgehead atoms. The number of carbonyl (C=O) groups excluding carboxylic acids is 1. The van der Waals surface area contributed by atoms with E-state index in [2.05, 4.69) is 11.6 Å². The summed E-state index contributed by atoms with van der Waals surface area (Å²) in [5, 5.41) is 8.94. The van der Waals surface area contributed by atoms with E-state index in [-0.39, 0.29) is 6.04 Å². The van der Waals surface area contributed by atoms with E-state index in [0.29, 0.717) is 31.8 Å². The number of hydrogen-bond acceptors (Lipinski definition) is 4. The lowest BCUT2D eigenvalue weighted by Crippen LogP contribution is -2.46. The fraction of sp³-hybridized carbons (Fsp3) is 0.867. The third kappa shape index (κ3) is 5.46. The molecule has 2 N–H and O–H groups in total. The summed E-state index contributed by atoms with van der Waals surface area (Å²) < 4.78 is 26.9. The van der Waals surface area contributed by atoms with Crippen molar-refractivity contribution in [1.82, 2.24) is 9.62 Å². The van der Waals surface area contributed by atoms with E-state index >= 15 is 0 Å². The van der Waals surface area contributed by atoms with Crippen LogP contribution in [0.2, 0.25) is 0 Å². The summed E-state index contributed by atoms with van der Waals surface area (Å²) in [5.41, 5.74) is 0. The molecule has 2 rings (SSSR count). The summed E-state index contributed by atoms with van der Waals surface area (Å²) >= 11 is 0. The largest absolute Gasteiger partial charge is 0.481 e. The van der Waals surface area contributed by atoms with Gasteiger partial charge in [0.15, 0.2) is 0 Å². The fourth-order valence-electron chi connectivity index (χ4n) is 3.30. The maximum Gasteiger partial charge on any atom is 0.306 e. The molecule has 1 aliphatic heterocycles. The average Bonchev–Trinajstić information content (AvgIpc) is 2.49. The van der Waals surface area contributed by atoms with Crippen LogP contribution in [0.5, 0.6) is 0 Å². The Morgan fingerprint density at radius 2 is 1.65 bits per heavy atom. The molecule has 1 aliphatic carbocycles. The van der Waals surface area contributed by atoms with Gasteiger partial charge in [0.1, 0.15) is 5.75 Å². The van der Waals surface area contributed by atoms with Crippen molar-refractivity contribution in [2.24, 2.45) is 11.8 Å². The van der Waals surface area contributed by atoms with Gasteiger partial charge in [0.05, 0.1) is 5.92 Å². The molecule has 23 heavy (non-hydrogen) atoms. The molecule has 0 radical (unpaired) electrons. The van der Waals surface area contributed by atoms with Crippen LogP contribution in [0.15, 0.2) is 0 Å². The molecule has 2 aliphatic rings. The van der Waals surface area contributed by atoms with Gasteiger partial charge in [0.2, 0.25) is 15.9 Å². The summed E-state index contributed by atoms with van der Waals surface area (Å²) in [5.74, 6) is -1.63. The van der Waals surface area contributed by atoms with Gasteiger partial charge in [-0.15, -0.1) is 0 Å². The van der Waals surface area contributed by atoms with Gasteiger partial charge in [-0.2, -0.15) is 0 Å². The molecule has 1 saturated carbocycles. The molecule has 0 aromatic heterocycles. The Hall–Kier alpha value is -1.15. The van der Waals surface area contributed by atoms with Gasteiger partial charge in [-0.3, -0.25) is 9.59 Å². The lowest BCUT2D eigenvalue weighted by Gasteiger charge is -2.30. The van der Waals surface area contributed by atoms with Gasteiger partial charge in [0.25, 0.3) is 0 Å². The van der Waals surface area contributed by atoms with E-state index in [1.165, 1.54) is 4.90 Å². The molecule has 0 aromatic rings. The molecule has 0 unspecified atom stereocenters. The highest BCUT2D eigenvalue weighted by Gasteiger charge is 2.30. The highest BCUT2D eigenvalue weighted by atomic mass is 32.2. The first-order valence-corrected chi connectivity index (χ1v) is 9.92. The minimum absolute atomic E-state index is 0.0678. The van der Waals surface area contributed by atoms with E-state index in [1.54, 1.807) is 0 Å². The Morgan fingerprint density at radius 3 is 2.17 bits per heavy atom. The van der Waals surface area contributed by atoms with E-state index < -0.39 is 33.6 Å². The number of carboxylic acids is 1. The van der Waals surface area contributed by atoms with Crippen LogP contribution in [0.4, 0.5) is 0 Å². The van der Waals surface area contributed by atoms with E-state index in [0.717, 1.165) is 25.7 Å². The first-order chi connectivity index (χ1) is 10.8. The highest BCUT2D eigenvalue weighted by molar-refractivity contribution is 7.90. The second kappa shape index (κ2) is 7.61. The maximum atomic E-state index is 12.2. The minimum Gasteiger partial charge on any atom is -0.481 e. The predicted molar refractivity (Wildman–Crippen MR) is 85.3 cm³/mol. The molecule has 8 heteroatoms. The number of sulfonamides is 1. The Morgan fingerprint density at radius 1 is 1.09 bits per heavy atom. The Labute approximate surface area is 137 Å². The van der Waals surface area contributed by atoms with Crippen LogP contribution < -0.4 is 4.72 Å². The lowest BCUT2D eigenvalue weighted by atomic mass is 9.88. The van der Waals surface area contributed by atoms with Crippen molar-refractivity contribution in [3.05, 3.63) is 0 Å². The van der Waals surface area contributed by atoms with Crippen LogP contribution in [-0.2, 0) is 19.6 Å². The molecule has 1 heterocycles. The third-order valence-corrected chi connectivity index (χ3v) is 6.19. The first-order valence-electron chi connectivity index (χ1n) is 8.27. The number of piperidine rings is 1. The van der Waals surface area contributed by atoms with Crippen molar-refractivity contribution in [1.29, 1.82) is 0 Å². The van der Waals surface area contributed by atoms with Crippen molar-refractivity contribution in [2.75, 3.05) is 18.8 Å². The maximum absolute atomic E-state index is 12.2. The van der Waals surface area contributed by atoms with Crippen LogP contribution >= 0.6 is 0 Å². The van der Waals surface area contributed by atoms with Crippen LogP contribution in [0.3, 0.4) is 0 Å². The normalized spacial score (nSPS) is 26.9. The third-order valence-electron chi connectivity index (χ3n) is 4.87. The van der Waals surface area contributed by atoms with Crippen LogP contribution in [0.25, 0.3) is 0 Å². The van der Waals surface area contributed by atoms with E-state index in [1.807, 2.05) is 0 Å². The van der Waals surface area contributed by atoms with E-state index in [9.17, 15) is 18.0 Å². The lowest BCUT2D eigenvalue weighted by molar-refractivity contribution is -0.145. The number of carboxylic acid groups (broad SMARTS) is 1. The molecule has 0 atom stereocenters. The predicted octanol–water partition coefficient (Wildman–Crippen LogP) is 0.808. The zero-order valence-corrected chi connectivity index (χ0v) is 14.3. The van der Waals surface area contributed by atoms with Crippen LogP contribution in [-0.4, -0.2) is 55.2 Å². The average molecular weight is 346 g/mol. The number of likely N-dealkylation sites (tertiary alicyclic amines) is 1. The molecule has 1 saturated heterocycles. The Bertz CT molecular complexity index is 532. The van der Waals surface area contributed by atoms with Gasteiger partial charge >= 0.3 is 5.97 Å². The second-order valence-electron chi connectivity index (χ2n) is 6.83. The number of hydrogen-bond donors (Lipinski definition) is 2. The van der Waals surface area contributed by atoms with Crippen molar-refractivity contribution in [3.8, 4) is 0 Å². The summed E-state index contributed by atoms with van der Waals surface area (Å²) in [6.07, 6.45) is 4.41. The van der Waals surface area contributed by atoms with Crippen molar-refractivity contribution >= 4 is 21.9 Å². The molecule has 2 fully saturated rings. The van der Waals surface area contributed by atoms with Crippen molar-refractivity contribution in [2.45, 2.75) is 51.5 Å². The molecule has 7 nitrogen and oxygen atoms in total. The zero-order chi connectivity index (χ0) is 17.0. The Balaban J connectivity index is 1.81. The second-order valence-corrected chi connectivity index (χ2v) is 8.58. The molecular weight excluding hydrogens is 320 g/mol. The minimum atomic E-state index is -3.63. The van der Waals surface area contributed by atoms with Crippen LogP contribution in [0, 0.1) is 11.8 Å². The van der Waals surface area contributed by atoms with Crippen molar-refractivity contribution < 1.29 is 23.1 Å². The van der Waals surface area contributed by atoms with E-state index in [4.69, 9.17) is 5.11 Å². The number of aliphatic carboxylic acids is 1. The fourth-order valence-corrected chi connectivity index (χ4v) is 4.64. The number of nitrogens with zero attached hydrogens (tertiary/aromatic N) is 1. The van der Waals surface area contributed by atoms with Crippen LogP contribution in [0.1, 0.15) is 45.4 Å². The van der Waals surface area contributed by atoms with Gasteiger partial charge in [0, 0.05) is 19.1 Å². The number of amides is 1. The SMILES string of the molecule is CC1CCC(NS(=O)(=O)CC(=O)N2CCC(C(=O)O)CC2)CC1. The summed E-state index contributed by atoms with van der Waals surface area (Å²) in [4.78, 5) is 24.5.